The van der Waals surface area contributed by atoms with Crippen molar-refractivity contribution >= 4 is 22.6 Å². The molecule has 6 nitrogen and oxygen atoms in total. The third kappa shape index (κ3) is 4.06. The number of anilines is 1. The molecule has 35 heavy (non-hydrogen) atoms. The van der Waals surface area contributed by atoms with Crippen molar-refractivity contribution < 1.29 is 14.3 Å². The van der Waals surface area contributed by atoms with Crippen LogP contribution in [0.3, 0.4) is 0 Å². The van der Waals surface area contributed by atoms with E-state index >= 15 is 0 Å². The minimum Gasteiger partial charge on any atom is -0.478 e. The van der Waals surface area contributed by atoms with Crippen LogP contribution >= 0.6 is 0 Å². The van der Waals surface area contributed by atoms with Crippen molar-refractivity contribution in [1.82, 2.24) is 0 Å². The Morgan fingerprint density at radius 1 is 1.11 bits per heavy atom. The molecule has 1 aromatic heterocycles. The van der Waals surface area contributed by atoms with E-state index in [0.717, 1.165) is 35.1 Å². The lowest BCUT2D eigenvalue weighted by Crippen LogP contribution is -2.12. The molecule has 0 radical (unpaired) electrons. The van der Waals surface area contributed by atoms with Crippen molar-refractivity contribution in [3.63, 3.8) is 0 Å². The zero-order valence-corrected chi connectivity index (χ0v) is 19.5. The number of aryl methyl sites for hydroxylation is 1. The van der Waals surface area contributed by atoms with Crippen molar-refractivity contribution in [2.24, 2.45) is 0 Å². The summed E-state index contributed by atoms with van der Waals surface area (Å²) in [6.45, 7) is 3.82. The molecule has 0 aliphatic heterocycles. The number of nitrogens with zero attached hydrogens (tertiary/aromatic N) is 1. The van der Waals surface area contributed by atoms with Crippen LogP contribution in [0.1, 0.15) is 52.9 Å². The van der Waals surface area contributed by atoms with Crippen molar-refractivity contribution in [3.05, 3.63) is 99.2 Å². The first-order valence-electron chi connectivity index (χ1n) is 11.5. The van der Waals surface area contributed by atoms with Crippen LogP contribution in [0.4, 0.5) is 5.69 Å². The predicted molar refractivity (Wildman–Crippen MR) is 135 cm³/mol. The third-order valence-electron chi connectivity index (χ3n) is 6.68. The molecule has 0 saturated heterocycles. The van der Waals surface area contributed by atoms with E-state index in [1.165, 1.54) is 6.07 Å². The Labute approximate surface area is 202 Å². The number of nitriles is 1. The number of carbonyl (C=O) groups is 1. The Morgan fingerprint density at radius 2 is 1.83 bits per heavy atom. The Bertz CT molecular complexity index is 1560. The Balaban J connectivity index is 1.57. The number of carboxylic acid groups (broad SMARTS) is 1. The summed E-state index contributed by atoms with van der Waals surface area (Å²) in [6, 6.07) is 21.7. The van der Waals surface area contributed by atoms with Gasteiger partial charge in [-0.2, -0.15) is 5.26 Å². The van der Waals surface area contributed by atoms with Crippen LogP contribution in [0.2, 0.25) is 0 Å². The van der Waals surface area contributed by atoms with Crippen molar-refractivity contribution in [1.29, 1.82) is 5.26 Å². The van der Waals surface area contributed by atoms with Crippen LogP contribution in [0.5, 0.6) is 0 Å². The lowest BCUT2D eigenvalue weighted by Gasteiger charge is -2.19. The van der Waals surface area contributed by atoms with Gasteiger partial charge in [0.15, 0.2) is 5.43 Å². The molecule has 174 valence electrons. The monoisotopic (exact) mass is 464 g/mol. The molecule has 1 atom stereocenters. The SMILES string of the molecule is Cc1cc(C(C)Nc2ccccc2C(=O)O)c2oc(-c3ccc(C4(C#N)CC4)cc3)cc(=O)c2c1. The van der Waals surface area contributed by atoms with Gasteiger partial charge in [-0.15, -0.1) is 0 Å². The molecule has 1 fully saturated rings. The second-order valence-electron chi connectivity index (χ2n) is 9.19. The Kier molecular flexibility index (Phi) is 5.41. The maximum absolute atomic E-state index is 13.1. The molecule has 1 unspecified atom stereocenters. The zero-order valence-electron chi connectivity index (χ0n) is 19.5. The summed E-state index contributed by atoms with van der Waals surface area (Å²) in [6.07, 6.45) is 1.74. The molecule has 5 rings (SSSR count). The zero-order chi connectivity index (χ0) is 24.7. The van der Waals surface area contributed by atoms with Crippen molar-refractivity contribution in [2.75, 3.05) is 5.32 Å². The van der Waals surface area contributed by atoms with Crippen LogP contribution in [0.25, 0.3) is 22.3 Å². The number of aromatic carboxylic acids is 1. The first kappa shape index (κ1) is 22.4. The van der Waals surface area contributed by atoms with Gasteiger partial charge in [0.1, 0.15) is 11.3 Å². The van der Waals surface area contributed by atoms with E-state index in [-0.39, 0.29) is 22.4 Å². The Hall–Kier alpha value is -4.37. The molecular weight excluding hydrogens is 440 g/mol. The number of hydrogen-bond donors (Lipinski definition) is 2. The summed E-state index contributed by atoms with van der Waals surface area (Å²) in [7, 11) is 0. The fourth-order valence-corrected chi connectivity index (χ4v) is 4.55. The van der Waals surface area contributed by atoms with E-state index in [4.69, 9.17) is 4.42 Å². The van der Waals surface area contributed by atoms with Gasteiger partial charge in [0, 0.05) is 22.9 Å². The van der Waals surface area contributed by atoms with Gasteiger partial charge < -0.3 is 14.8 Å². The van der Waals surface area contributed by atoms with E-state index in [1.807, 2.05) is 44.2 Å². The average Bonchev–Trinajstić information content (AvgIpc) is 3.65. The van der Waals surface area contributed by atoms with Gasteiger partial charge in [-0.3, -0.25) is 4.79 Å². The third-order valence-corrected chi connectivity index (χ3v) is 6.68. The smallest absolute Gasteiger partial charge is 0.337 e. The first-order valence-corrected chi connectivity index (χ1v) is 11.5. The fraction of sp³-hybridized carbons (Fsp3) is 0.207. The first-order chi connectivity index (χ1) is 16.8. The number of fused-ring (bicyclic) bond motifs is 1. The molecule has 0 amide bonds. The Morgan fingerprint density at radius 3 is 2.49 bits per heavy atom. The highest BCUT2D eigenvalue weighted by atomic mass is 16.4. The van der Waals surface area contributed by atoms with E-state index in [0.29, 0.717) is 22.4 Å². The second kappa shape index (κ2) is 8.44. The molecule has 0 bridgehead atoms. The minimum atomic E-state index is -1.02. The van der Waals surface area contributed by atoms with Crippen LogP contribution < -0.4 is 10.7 Å². The molecule has 1 aliphatic carbocycles. The van der Waals surface area contributed by atoms with Gasteiger partial charge in [-0.25, -0.2) is 4.79 Å². The maximum atomic E-state index is 13.1. The van der Waals surface area contributed by atoms with Gasteiger partial charge in [0.05, 0.1) is 28.5 Å². The van der Waals surface area contributed by atoms with E-state index in [2.05, 4.69) is 11.4 Å². The van der Waals surface area contributed by atoms with Crippen LogP contribution in [-0.2, 0) is 5.41 Å². The molecule has 2 N–H and O–H groups in total. The molecule has 1 heterocycles. The molecule has 6 heteroatoms. The summed E-state index contributed by atoms with van der Waals surface area (Å²) < 4.78 is 6.30. The number of rotatable bonds is 6. The van der Waals surface area contributed by atoms with Gasteiger partial charge in [0.25, 0.3) is 0 Å². The molecule has 4 aromatic rings. The summed E-state index contributed by atoms with van der Waals surface area (Å²) in [5, 5.41) is 22.7. The van der Waals surface area contributed by atoms with Crippen molar-refractivity contribution in [2.45, 2.75) is 38.1 Å². The predicted octanol–water partition coefficient (Wildman–Crippen LogP) is 6.19. The summed E-state index contributed by atoms with van der Waals surface area (Å²) >= 11 is 0. The highest BCUT2D eigenvalue weighted by molar-refractivity contribution is 5.94. The summed E-state index contributed by atoms with van der Waals surface area (Å²) in [5.74, 6) is -0.574. The average molecular weight is 465 g/mol. The highest BCUT2D eigenvalue weighted by Gasteiger charge is 2.44. The van der Waals surface area contributed by atoms with Gasteiger partial charge >= 0.3 is 5.97 Å². The molecule has 0 spiro atoms. The minimum absolute atomic E-state index is 0.149. The topological polar surface area (TPSA) is 103 Å². The van der Waals surface area contributed by atoms with Crippen LogP contribution in [-0.4, -0.2) is 11.1 Å². The normalized spacial score (nSPS) is 14.8. The van der Waals surface area contributed by atoms with E-state index in [9.17, 15) is 20.0 Å². The number of benzene rings is 3. The number of nitrogens with one attached hydrogen (secondary N) is 1. The molecular formula is C29H24N2O4. The van der Waals surface area contributed by atoms with E-state index in [1.54, 1.807) is 30.3 Å². The maximum Gasteiger partial charge on any atom is 0.337 e. The molecule has 1 aliphatic rings. The van der Waals surface area contributed by atoms with Gasteiger partial charge in [-0.05, 0) is 56.0 Å². The van der Waals surface area contributed by atoms with Crippen LogP contribution in [0, 0.1) is 18.3 Å². The summed E-state index contributed by atoms with van der Waals surface area (Å²) in [4.78, 5) is 24.7. The van der Waals surface area contributed by atoms with Crippen LogP contribution in [0.15, 0.2) is 75.9 Å². The number of carboxylic acids is 1. The lowest BCUT2D eigenvalue weighted by atomic mass is 9.96. The quantitative estimate of drug-likeness (QED) is 0.352. The lowest BCUT2D eigenvalue weighted by molar-refractivity contribution is 0.0698. The van der Waals surface area contributed by atoms with Gasteiger partial charge in [-0.1, -0.05) is 42.5 Å². The fourth-order valence-electron chi connectivity index (χ4n) is 4.55. The second-order valence-corrected chi connectivity index (χ2v) is 9.19. The number of hydrogen-bond acceptors (Lipinski definition) is 5. The molecule has 3 aromatic carbocycles. The standard InChI is InChI=1S/C29H24N2O4/c1-17-13-22(18(2)31-24-6-4-3-5-21(24)28(33)34)27-23(14-17)25(32)15-26(35-27)19-7-9-20(10-8-19)29(16-30)11-12-29/h3-10,13-15,18,31H,11-12H2,1-2H3,(H,33,34). The highest BCUT2D eigenvalue weighted by Crippen LogP contribution is 2.47. The van der Waals surface area contributed by atoms with E-state index < -0.39 is 5.97 Å². The summed E-state index contributed by atoms with van der Waals surface area (Å²) in [5.41, 5.74) is 4.01. The molecule has 1 saturated carbocycles. The number of para-hydroxylation sites is 1. The van der Waals surface area contributed by atoms with Crippen molar-refractivity contribution in [3.8, 4) is 17.4 Å². The largest absolute Gasteiger partial charge is 0.478 e. The van der Waals surface area contributed by atoms with Gasteiger partial charge in [0.2, 0.25) is 0 Å².